The van der Waals surface area contributed by atoms with Crippen molar-refractivity contribution in [1.82, 2.24) is 15.5 Å². The zero-order chi connectivity index (χ0) is 14.3. The average molecular weight is 269 g/mol. The third-order valence-corrected chi connectivity index (χ3v) is 3.48. The van der Waals surface area contributed by atoms with Crippen molar-refractivity contribution in [3.05, 3.63) is 0 Å². The van der Waals surface area contributed by atoms with Gasteiger partial charge in [-0.05, 0) is 19.4 Å². The Balaban J connectivity index is 2.24. The monoisotopic (exact) mass is 269 g/mol. The van der Waals surface area contributed by atoms with Gasteiger partial charge in [-0.15, -0.1) is 0 Å². The van der Waals surface area contributed by atoms with E-state index in [4.69, 9.17) is 0 Å². The molecule has 0 aromatic carbocycles. The van der Waals surface area contributed by atoms with Crippen molar-refractivity contribution in [2.24, 2.45) is 5.92 Å². The number of nitrogens with one attached hydrogen (secondary N) is 2. The highest BCUT2D eigenvalue weighted by atomic mass is 16.2. The van der Waals surface area contributed by atoms with Crippen molar-refractivity contribution in [1.29, 1.82) is 0 Å². The van der Waals surface area contributed by atoms with E-state index in [2.05, 4.69) is 10.6 Å². The standard InChI is InChI=1S/C14H27N3O2/c1-4-15-8-5-13(18)17-9-6-12(7-10-17)16-14(19)11(2)3/h11-12,15H,4-10H2,1-3H3,(H,16,19). The number of hydrogen-bond acceptors (Lipinski definition) is 3. The van der Waals surface area contributed by atoms with Gasteiger partial charge in [-0.3, -0.25) is 9.59 Å². The van der Waals surface area contributed by atoms with Crippen molar-refractivity contribution in [2.75, 3.05) is 26.2 Å². The second-order valence-electron chi connectivity index (χ2n) is 5.42. The Kier molecular flexibility index (Phi) is 6.84. The SMILES string of the molecule is CCNCCC(=O)N1CCC(NC(=O)C(C)C)CC1. The number of rotatable bonds is 6. The minimum Gasteiger partial charge on any atom is -0.353 e. The van der Waals surface area contributed by atoms with E-state index in [1.807, 2.05) is 25.7 Å². The Morgan fingerprint density at radius 2 is 1.89 bits per heavy atom. The summed E-state index contributed by atoms with van der Waals surface area (Å²) in [6.45, 7) is 8.99. The van der Waals surface area contributed by atoms with Gasteiger partial charge in [0, 0.05) is 38.0 Å². The van der Waals surface area contributed by atoms with E-state index in [1.54, 1.807) is 0 Å². The number of nitrogens with zero attached hydrogens (tertiary/aromatic N) is 1. The highest BCUT2D eigenvalue weighted by Crippen LogP contribution is 2.12. The summed E-state index contributed by atoms with van der Waals surface area (Å²) in [6.07, 6.45) is 2.30. The van der Waals surface area contributed by atoms with Gasteiger partial charge in [0.25, 0.3) is 0 Å². The summed E-state index contributed by atoms with van der Waals surface area (Å²) in [7, 11) is 0. The molecule has 0 unspecified atom stereocenters. The van der Waals surface area contributed by atoms with E-state index < -0.39 is 0 Å². The lowest BCUT2D eigenvalue weighted by molar-refractivity contribution is -0.132. The molecule has 1 fully saturated rings. The predicted octanol–water partition coefficient (Wildman–Crippen LogP) is 0.749. The van der Waals surface area contributed by atoms with Crippen LogP contribution in [0.15, 0.2) is 0 Å². The molecule has 0 aromatic heterocycles. The van der Waals surface area contributed by atoms with Gasteiger partial charge >= 0.3 is 0 Å². The van der Waals surface area contributed by atoms with E-state index in [-0.39, 0.29) is 23.8 Å². The molecule has 2 N–H and O–H groups in total. The molecule has 1 rings (SSSR count). The van der Waals surface area contributed by atoms with E-state index in [0.717, 1.165) is 39.0 Å². The van der Waals surface area contributed by atoms with Crippen LogP contribution in [-0.2, 0) is 9.59 Å². The minimum atomic E-state index is 0.0276. The summed E-state index contributed by atoms with van der Waals surface area (Å²) >= 11 is 0. The van der Waals surface area contributed by atoms with Crippen LogP contribution in [0, 0.1) is 5.92 Å². The number of hydrogen-bond donors (Lipinski definition) is 2. The molecule has 1 aliphatic heterocycles. The first-order valence-electron chi connectivity index (χ1n) is 7.33. The zero-order valence-corrected chi connectivity index (χ0v) is 12.4. The number of amides is 2. The maximum absolute atomic E-state index is 11.9. The second kappa shape index (κ2) is 8.15. The fourth-order valence-electron chi connectivity index (χ4n) is 2.17. The van der Waals surface area contributed by atoms with Crippen molar-refractivity contribution in [3.8, 4) is 0 Å². The van der Waals surface area contributed by atoms with Crippen LogP contribution in [-0.4, -0.2) is 48.9 Å². The van der Waals surface area contributed by atoms with E-state index in [9.17, 15) is 9.59 Å². The highest BCUT2D eigenvalue weighted by molar-refractivity contribution is 5.78. The third kappa shape index (κ3) is 5.59. The maximum atomic E-state index is 11.9. The van der Waals surface area contributed by atoms with Crippen molar-refractivity contribution >= 4 is 11.8 Å². The van der Waals surface area contributed by atoms with Crippen molar-refractivity contribution < 1.29 is 9.59 Å². The Morgan fingerprint density at radius 3 is 2.42 bits per heavy atom. The molecular formula is C14H27N3O2. The van der Waals surface area contributed by atoms with Crippen LogP contribution >= 0.6 is 0 Å². The zero-order valence-electron chi connectivity index (χ0n) is 12.4. The number of carbonyl (C=O) groups excluding carboxylic acids is 2. The molecule has 1 aliphatic rings. The molecule has 0 atom stereocenters. The van der Waals surface area contributed by atoms with Crippen LogP contribution in [0.4, 0.5) is 0 Å². The Morgan fingerprint density at radius 1 is 1.26 bits per heavy atom. The molecule has 0 radical (unpaired) electrons. The van der Waals surface area contributed by atoms with E-state index in [0.29, 0.717) is 6.42 Å². The highest BCUT2D eigenvalue weighted by Gasteiger charge is 2.23. The molecule has 5 nitrogen and oxygen atoms in total. The van der Waals surface area contributed by atoms with Gasteiger partial charge in [-0.1, -0.05) is 20.8 Å². The first-order valence-corrected chi connectivity index (χ1v) is 7.33. The normalized spacial score (nSPS) is 16.7. The van der Waals surface area contributed by atoms with Gasteiger partial charge in [0.15, 0.2) is 0 Å². The average Bonchev–Trinajstić information content (AvgIpc) is 2.39. The van der Waals surface area contributed by atoms with Gasteiger partial charge < -0.3 is 15.5 Å². The number of carbonyl (C=O) groups is 2. The quantitative estimate of drug-likeness (QED) is 0.700. The van der Waals surface area contributed by atoms with Gasteiger partial charge in [0.05, 0.1) is 0 Å². The van der Waals surface area contributed by atoms with Crippen LogP contribution in [0.3, 0.4) is 0 Å². The lowest BCUT2D eigenvalue weighted by atomic mass is 10.0. The summed E-state index contributed by atoms with van der Waals surface area (Å²) in [5.74, 6) is 0.353. The minimum absolute atomic E-state index is 0.0276. The molecule has 5 heteroatoms. The second-order valence-corrected chi connectivity index (χ2v) is 5.42. The molecule has 110 valence electrons. The molecule has 0 aromatic rings. The Hall–Kier alpha value is -1.10. The fraction of sp³-hybridized carbons (Fsp3) is 0.857. The number of likely N-dealkylation sites (tertiary alicyclic amines) is 1. The third-order valence-electron chi connectivity index (χ3n) is 3.48. The molecule has 0 spiro atoms. The lowest BCUT2D eigenvalue weighted by Gasteiger charge is -2.32. The molecule has 0 bridgehead atoms. The number of piperidine rings is 1. The molecule has 0 aliphatic carbocycles. The van der Waals surface area contributed by atoms with Crippen LogP contribution in [0.25, 0.3) is 0 Å². The molecule has 19 heavy (non-hydrogen) atoms. The van der Waals surface area contributed by atoms with E-state index in [1.165, 1.54) is 0 Å². The maximum Gasteiger partial charge on any atom is 0.223 e. The lowest BCUT2D eigenvalue weighted by Crippen LogP contribution is -2.47. The Bertz CT molecular complexity index is 297. The molecule has 2 amide bonds. The molecular weight excluding hydrogens is 242 g/mol. The van der Waals surface area contributed by atoms with Gasteiger partial charge in [0.1, 0.15) is 0 Å². The molecule has 1 heterocycles. The summed E-state index contributed by atoms with van der Waals surface area (Å²) in [5, 5.41) is 6.20. The summed E-state index contributed by atoms with van der Waals surface area (Å²) in [6, 6.07) is 0.229. The predicted molar refractivity (Wildman–Crippen MR) is 75.7 cm³/mol. The van der Waals surface area contributed by atoms with Crippen molar-refractivity contribution in [3.63, 3.8) is 0 Å². The first-order chi connectivity index (χ1) is 9.04. The van der Waals surface area contributed by atoms with Gasteiger partial charge in [-0.25, -0.2) is 0 Å². The van der Waals surface area contributed by atoms with Crippen LogP contribution < -0.4 is 10.6 Å². The largest absolute Gasteiger partial charge is 0.353 e. The first kappa shape index (κ1) is 16.0. The fourth-order valence-corrected chi connectivity index (χ4v) is 2.17. The molecule has 0 saturated carbocycles. The van der Waals surface area contributed by atoms with Gasteiger partial charge in [-0.2, -0.15) is 0 Å². The van der Waals surface area contributed by atoms with Crippen LogP contribution in [0.1, 0.15) is 40.0 Å². The van der Waals surface area contributed by atoms with E-state index >= 15 is 0 Å². The summed E-state index contributed by atoms with van der Waals surface area (Å²) < 4.78 is 0. The van der Waals surface area contributed by atoms with Crippen molar-refractivity contribution in [2.45, 2.75) is 46.1 Å². The van der Waals surface area contributed by atoms with Crippen LogP contribution in [0.5, 0.6) is 0 Å². The summed E-state index contributed by atoms with van der Waals surface area (Å²) in [5.41, 5.74) is 0. The molecule has 1 saturated heterocycles. The Labute approximate surface area is 116 Å². The van der Waals surface area contributed by atoms with Gasteiger partial charge in [0.2, 0.25) is 11.8 Å². The summed E-state index contributed by atoms with van der Waals surface area (Å²) in [4.78, 5) is 25.4. The topological polar surface area (TPSA) is 61.4 Å². The van der Waals surface area contributed by atoms with Crippen LogP contribution in [0.2, 0.25) is 0 Å². The smallest absolute Gasteiger partial charge is 0.223 e.